The van der Waals surface area contributed by atoms with E-state index in [1.165, 1.54) is 0 Å². The maximum Gasteiger partial charge on any atom is 0.161 e. The Morgan fingerprint density at radius 3 is 2.47 bits per heavy atom. The minimum atomic E-state index is -0.493. The smallest absolute Gasteiger partial charge is 0.161 e. The van der Waals surface area contributed by atoms with Crippen molar-refractivity contribution in [3.63, 3.8) is 0 Å². The van der Waals surface area contributed by atoms with E-state index in [9.17, 15) is 5.11 Å². The van der Waals surface area contributed by atoms with Gasteiger partial charge in [0.1, 0.15) is 0 Å². The van der Waals surface area contributed by atoms with E-state index < -0.39 is 6.10 Å². The van der Waals surface area contributed by atoms with Gasteiger partial charge in [-0.3, -0.25) is 0 Å². The van der Waals surface area contributed by atoms with Gasteiger partial charge in [-0.2, -0.15) is 0 Å². The number of nitrogens with two attached hydrogens (primary N) is 1. The topological polar surface area (TPSA) is 64.7 Å². The number of aliphatic hydroxyl groups is 1. The second-order valence-electron chi connectivity index (χ2n) is 4.91. The molecule has 1 aromatic rings. The fourth-order valence-electron chi connectivity index (χ4n) is 1.98. The molecule has 0 heterocycles. The van der Waals surface area contributed by atoms with Crippen molar-refractivity contribution in [3.8, 4) is 11.5 Å². The maximum absolute atomic E-state index is 9.84. The van der Waals surface area contributed by atoms with Crippen LogP contribution in [0.2, 0.25) is 0 Å². The molecular formula is C15H25NO3. The Balaban J connectivity index is 2.83. The van der Waals surface area contributed by atoms with Gasteiger partial charge < -0.3 is 20.3 Å². The van der Waals surface area contributed by atoms with Gasteiger partial charge in [-0.05, 0) is 43.9 Å². The monoisotopic (exact) mass is 267 g/mol. The zero-order chi connectivity index (χ0) is 14.4. The molecule has 0 aliphatic rings. The van der Waals surface area contributed by atoms with Crippen LogP contribution in [-0.4, -0.2) is 31.0 Å². The first-order valence-electron chi connectivity index (χ1n) is 6.74. The number of hydrogen-bond acceptors (Lipinski definition) is 4. The second-order valence-corrected chi connectivity index (χ2v) is 4.91. The van der Waals surface area contributed by atoms with Crippen molar-refractivity contribution in [1.82, 2.24) is 0 Å². The summed E-state index contributed by atoms with van der Waals surface area (Å²) >= 11 is 0. The molecular weight excluding hydrogens is 242 g/mol. The minimum absolute atomic E-state index is 0.213. The largest absolute Gasteiger partial charge is 0.493 e. The Hall–Kier alpha value is -1.26. The van der Waals surface area contributed by atoms with Gasteiger partial charge in [0, 0.05) is 6.04 Å². The number of methoxy groups -OCH3 is 1. The lowest BCUT2D eigenvalue weighted by atomic mass is 9.92. The number of ether oxygens (including phenoxy) is 2. The molecule has 0 saturated heterocycles. The molecule has 0 saturated carbocycles. The van der Waals surface area contributed by atoms with Crippen LogP contribution < -0.4 is 15.2 Å². The number of benzene rings is 1. The molecule has 0 aliphatic carbocycles. The molecule has 0 amide bonds. The van der Waals surface area contributed by atoms with Crippen molar-refractivity contribution in [1.29, 1.82) is 0 Å². The normalized spacial score (nSPS) is 15.7. The first-order chi connectivity index (χ1) is 8.99. The minimum Gasteiger partial charge on any atom is -0.493 e. The van der Waals surface area contributed by atoms with Crippen molar-refractivity contribution < 1.29 is 14.6 Å². The molecule has 1 rings (SSSR count). The average molecular weight is 267 g/mol. The van der Waals surface area contributed by atoms with Crippen molar-refractivity contribution in [2.24, 2.45) is 5.73 Å². The van der Waals surface area contributed by atoms with E-state index in [0.717, 1.165) is 17.1 Å². The molecule has 108 valence electrons. The highest BCUT2D eigenvalue weighted by Gasteiger charge is 2.17. The highest BCUT2D eigenvalue weighted by atomic mass is 16.5. The van der Waals surface area contributed by atoms with E-state index in [1.807, 2.05) is 32.0 Å². The van der Waals surface area contributed by atoms with Gasteiger partial charge in [0.25, 0.3) is 0 Å². The third-order valence-corrected chi connectivity index (χ3v) is 3.26. The van der Waals surface area contributed by atoms with E-state index in [4.69, 9.17) is 15.2 Å². The van der Waals surface area contributed by atoms with E-state index >= 15 is 0 Å². The van der Waals surface area contributed by atoms with Gasteiger partial charge in [0.05, 0.1) is 19.8 Å². The zero-order valence-corrected chi connectivity index (χ0v) is 12.2. The van der Waals surface area contributed by atoms with Crippen molar-refractivity contribution in [2.45, 2.75) is 45.3 Å². The van der Waals surface area contributed by atoms with Crippen LogP contribution >= 0.6 is 0 Å². The summed E-state index contributed by atoms with van der Waals surface area (Å²) in [7, 11) is 1.63. The summed E-state index contributed by atoms with van der Waals surface area (Å²) in [5, 5.41) is 9.84. The summed E-state index contributed by atoms with van der Waals surface area (Å²) < 4.78 is 10.8. The first kappa shape index (κ1) is 15.8. The van der Waals surface area contributed by atoms with E-state index in [2.05, 4.69) is 6.92 Å². The average Bonchev–Trinajstić information content (AvgIpc) is 2.39. The molecule has 0 bridgehead atoms. The SMILES string of the molecule is CCOc1ccc(C(C)CC(O)C(C)N)cc1OC. The summed E-state index contributed by atoms with van der Waals surface area (Å²) in [5.41, 5.74) is 6.80. The molecule has 3 atom stereocenters. The lowest BCUT2D eigenvalue weighted by Crippen LogP contribution is -2.32. The van der Waals surface area contributed by atoms with Crippen molar-refractivity contribution in [2.75, 3.05) is 13.7 Å². The summed E-state index contributed by atoms with van der Waals surface area (Å²) in [4.78, 5) is 0. The Kier molecular flexibility index (Phi) is 6.12. The molecule has 1 aromatic carbocycles. The summed E-state index contributed by atoms with van der Waals surface area (Å²) in [6, 6.07) is 5.66. The highest BCUT2D eigenvalue weighted by molar-refractivity contribution is 5.43. The number of hydrogen-bond donors (Lipinski definition) is 2. The third kappa shape index (κ3) is 4.40. The zero-order valence-electron chi connectivity index (χ0n) is 12.2. The molecule has 0 radical (unpaired) electrons. The lowest BCUT2D eigenvalue weighted by Gasteiger charge is -2.20. The Morgan fingerprint density at radius 1 is 1.26 bits per heavy atom. The van der Waals surface area contributed by atoms with Gasteiger partial charge >= 0.3 is 0 Å². The lowest BCUT2D eigenvalue weighted by molar-refractivity contribution is 0.134. The van der Waals surface area contributed by atoms with Crippen LogP contribution in [0.1, 0.15) is 38.7 Å². The summed E-state index contributed by atoms with van der Waals surface area (Å²) in [6.45, 7) is 6.43. The standard InChI is InChI=1S/C15H25NO3/c1-5-19-14-7-6-12(9-15(14)18-4)10(2)8-13(17)11(3)16/h6-7,9-11,13,17H,5,8,16H2,1-4H3. The molecule has 0 aromatic heterocycles. The quantitative estimate of drug-likeness (QED) is 0.795. The van der Waals surface area contributed by atoms with E-state index in [0.29, 0.717) is 13.0 Å². The van der Waals surface area contributed by atoms with Gasteiger partial charge in [-0.1, -0.05) is 13.0 Å². The third-order valence-electron chi connectivity index (χ3n) is 3.26. The molecule has 0 fully saturated rings. The van der Waals surface area contributed by atoms with Crippen LogP contribution in [0, 0.1) is 0 Å². The second kappa shape index (κ2) is 7.36. The van der Waals surface area contributed by atoms with Crippen LogP contribution in [0.3, 0.4) is 0 Å². The van der Waals surface area contributed by atoms with Gasteiger partial charge in [-0.25, -0.2) is 0 Å². The van der Waals surface area contributed by atoms with Gasteiger partial charge in [-0.15, -0.1) is 0 Å². The van der Waals surface area contributed by atoms with Crippen molar-refractivity contribution in [3.05, 3.63) is 23.8 Å². The molecule has 19 heavy (non-hydrogen) atoms. The molecule has 3 unspecified atom stereocenters. The van der Waals surface area contributed by atoms with Crippen LogP contribution in [0.4, 0.5) is 0 Å². The van der Waals surface area contributed by atoms with Crippen LogP contribution in [0.5, 0.6) is 11.5 Å². The highest BCUT2D eigenvalue weighted by Crippen LogP contribution is 2.32. The van der Waals surface area contributed by atoms with E-state index in [1.54, 1.807) is 7.11 Å². The number of rotatable bonds is 7. The predicted octanol–water partition coefficient (Wildman–Crippen LogP) is 2.30. The Morgan fingerprint density at radius 2 is 1.95 bits per heavy atom. The molecule has 3 N–H and O–H groups in total. The van der Waals surface area contributed by atoms with Crippen LogP contribution in [0.15, 0.2) is 18.2 Å². The maximum atomic E-state index is 9.84. The molecule has 4 nitrogen and oxygen atoms in total. The van der Waals surface area contributed by atoms with E-state index in [-0.39, 0.29) is 12.0 Å². The summed E-state index contributed by atoms with van der Waals surface area (Å²) in [5.74, 6) is 1.68. The molecule has 0 spiro atoms. The van der Waals surface area contributed by atoms with Crippen LogP contribution in [-0.2, 0) is 0 Å². The first-order valence-corrected chi connectivity index (χ1v) is 6.74. The fourth-order valence-corrected chi connectivity index (χ4v) is 1.98. The fraction of sp³-hybridized carbons (Fsp3) is 0.600. The van der Waals surface area contributed by atoms with Gasteiger partial charge in [0.15, 0.2) is 11.5 Å². The summed E-state index contributed by atoms with van der Waals surface area (Å²) in [6.07, 6.45) is 0.141. The number of aliphatic hydroxyl groups excluding tert-OH is 1. The Labute approximate surface area is 115 Å². The molecule has 0 aliphatic heterocycles. The van der Waals surface area contributed by atoms with Gasteiger partial charge in [0.2, 0.25) is 0 Å². The van der Waals surface area contributed by atoms with Crippen molar-refractivity contribution >= 4 is 0 Å². The molecule has 4 heteroatoms. The Bertz CT molecular complexity index is 393. The van der Waals surface area contributed by atoms with Crippen LogP contribution in [0.25, 0.3) is 0 Å². The predicted molar refractivity (Wildman–Crippen MR) is 76.9 cm³/mol.